The van der Waals surface area contributed by atoms with Gasteiger partial charge in [-0.25, -0.2) is 4.98 Å². The summed E-state index contributed by atoms with van der Waals surface area (Å²) in [5, 5.41) is 4.07. The van der Waals surface area contributed by atoms with Gasteiger partial charge < -0.3 is 19.4 Å². The smallest absolute Gasteiger partial charge is 0.252 e. The highest BCUT2D eigenvalue weighted by Crippen LogP contribution is 2.21. The lowest BCUT2D eigenvalue weighted by atomic mass is 10.0. The first-order valence-electron chi connectivity index (χ1n) is 8.73. The summed E-state index contributed by atoms with van der Waals surface area (Å²) in [5.74, 6) is 0.440. The van der Waals surface area contributed by atoms with E-state index in [1.807, 2.05) is 54.2 Å². The summed E-state index contributed by atoms with van der Waals surface area (Å²) >= 11 is 0. The Kier molecular flexibility index (Phi) is 4.58. The summed E-state index contributed by atoms with van der Waals surface area (Å²) in [7, 11) is 1.97. The fourth-order valence-electron chi connectivity index (χ4n) is 3.31. The monoisotopic (exact) mass is 351 g/mol. The number of carbonyl (C=O) groups is 1. The van der Waals surface area contributed by atoms with Crippen LogP contribution in [0.15, 0.2) is 54.9 Å². The van der Waals surface area contributed by atoms with Gasteiger partial charge in [0.25, 0.3) is 5.91 Å². The van der Waals surface area contributed by atoms with E-state index in [0.29, 0.717) is 31.1 Å². The number of benzene rings is 1. The van der Waals surface area contributed by atoms with Crippen LogP contribution in [0.4, 0.5) is 0 Å². The topological polar surface area (TPSA) is 65.4 Å². The lowest BCUT2D eigenvalue weighted by molar-refractivity contribution is -0.0152. The highest BCUT2D eigenvalue weighted by atomic mass is 16.5. The van der Waals surface area contributed by atoms with E-state index >= 15 is 0 Å². The highest BCUT2D eigenvalue weighted by molar-refractivity contribution is 6.06. The fourth-order valence-corrected chi connectivity index (χ4v) is 3.31. The van der Waals surface area contributed by atoms with Crippen LogP contribution in [0.3, 0.4) is 0 Å². The number of rotatable bonds is 4. The van der Waals surface area contributed by atoms with Gasteiger partial charge in [-0.2, -0.15) is 0 Å². The molecule has 0 radical (unpaired) electrons. The maximum atomic E-state index is 12.9. The zero-order valence-corrected chi connectivity index (χ0v) is 14.6. The van der Waals surface area contributed by atoms with E-state index in [9.17, 15) is 4.79 Å². The van der Waals surface area contributed by atoms with Crippen molar-refractivity contribution in [1.82, 2.24) is 14.9 Å². The van der Waals surface area contributed by atoms with E-state index in [1.54, 1.807) is 12.3 Å². The largest absolute Gasteiger partial charge is 0.470 e. The van der Waals surface area contributed by atoms with Crippen molar-refractivity contribution >= 4 is 16.8 Å². The SMILES string of the molecule is Cn1ccc2c(C(=O)N[C@@H]3CCOC[C@H]3Oc3ccccn3)cccc21. The van der Waals surface area contributed by atoms with Crippen molar-refractivity contribution in [3.63, 3.8) is 0 Å². The van der Waals surface area contributed by atoms with Gasteiger partial charge in [-0.1, -0.05) is 12.1 Å². The summed E-state index contributed by atoms with van der Waals surface area (Å²) in [6, 6.07) is 13.1. The minimum Gasteiger partial charge on any atom is -0.470 e. The van der Waals surface area contributed by atoms with Crippen molar-refractivity contribution in [2.45, 2.75) is 18.6 Å². The van der Waals surface area contributed by atoms with Gasteiger partial charge in [0.15, 0.2) is 0 Å². The number of fused-ring (bicyclic) bond motifs is 1. The van der Waals surface area contributed by atoms with Crippen LogP contribution in [-0.4, -0.2) is 40.8 Å². The van der Waals surface area contributed by atoms with Crippen LogP contribution in [0, 0.1) is 0 Å². The Morgan fingerprint density at radius 1 is 1.27 bits per heavy atom. The molecule has 6 heteroatoms. The lowest BCUT2D eigenvalue weighted by Gasteiger charge is -2.32. The average Bonchev–Trinajstić information content (AvgIpc) is 3.05. The standard InChI is InChI=1S/C20H21N3O3/c1-23-11-8-14-15(5-4-6-17(14)23)20(24)22-16-9-12-25-13-18(16)26-19-7-2-3-10-21-19/h2-8,10-11,16,18H,9,12-13H2,1H3,(H,22,24)/t16-,18-/m1/s1. The van der Waals surface area contributed by atoms with Crippen LogP contribution in [0.2, 0.25) is 0 Å². The van der Waals surface area contributed by atoms with Crippen molar-refractivity contribution in [3.8, 4) is 5.88 Å². The number of nitrogens with zero attached hydrogens (tertiary/aromatic N) is 2. The van der Waals surface area contributed by atoms with E-state index in [0.717, 1.165) is 10.9 Å². The minimum atomic E-state index is -0.266. The molecule has 1 aliphatic rings. The Bertz CT molecular complexity index is 907. The molecular formula is C20H21N3O3. The quantitative estimate of drug-likeness (QED) is 0.784. The average molecular weight is 351 g/mol. The zero-order chi connectivity index (χ0) is 17.9. The number of amides is 1. The second kappa shape index (κ2) is 7.17. The molecule has 2 aromatic heterocycles. The second-order valence-electron chi connectivity index (χ2n) is 6.43. The number of aryl methyl sites for hydroxylation is 1. The number of hydrogen-bond acceptors (Lipinski definition) is 4. The second-order valence-corrected chi connectivity index (χ2v) is 6.43. The third-order valence-electron chi connectivity index (χ3n) is 4.70. The molecule has 0 bridgehead atoms. The Balaban J connectivity index is 1.53. The predicted octanol–water partition coefficient (Wildman–Crippen LogP) is 2.54. The predicted molar refractivity (Wildman–Crippen MR) is 98.3 cm³/mol. The molecule has 0 aliphatic carbocycles. The first kappa shape index (κ1) is 16.6. The number of hydrogen-bond donors (Lipinski definition) is 1. The molecule has 1 saturated heterocycles. The van der Waals surface area contributed by atoms with Crippen molar-refractivity contribution < 1.29 is 14.3 Å². The summed E-state index contributed by atoms with van der Waals surface area (Å²) in [6.45, 7) is 1.03. The van der Waals surface area contributed by atoms with Crippen molar-refractivity contribution in [1.29, 1.82) is 0 Å². The van der Waals surface area contributed by atoms with Gasteiger partial charge in [0.1, 0.15) is 6.10 Å². The molecule has 6 nitrogen and oxygen atoms in total. The van der Waals surface area contributed by atoms with Crippen molar-refractivity contribution in [2.75, 3.05) is 13.2 Å². The van der Waals surface area contributed by atoms with E-state index in [1.165, 1.54) is 0 Å². The fraction of sp³-hybridized carbons (Fsp3) is 0.300. The van der Waals surface area contributed by atoms with E-state index in [4.69, 9.17) is 9.47 Å². The van der Waals surface area contributed by atoms with E-state index in [2.05, 4.69) is 10.3 Å². The Morgan fingerprint density at radius 3 is 3.04 bits per heavy atom. The van der Waals surface area contributed by atoms with Crippen LogP contribution < -0.4 is 10.1 Å². The number of pyridine rings is 1. The summed E-state index contributed by atoms with van der Waals surface area (Å²) < 4.78 is 13.5. The van der Waals surface area contributed by atoms with Crippen LogP contribution in [0.1, 0.15) is 16.8 Å². The van der Waals surface area contributed by atoms with E-state index in [-0.39, 0.29) is 18.1 Å². The highest BCUT2D eigenvalue weighted by Gasteiger charge is 2.30. The van der Waals surface area contributed by atoms with Gasteiger partial charge >= 0.3 is 0 Å². The molecule has 1 aromatic carbocycles. The van der Waals surface area contributed by atoms with E-state index < -0.39 is 0 Å². The Labute approximate surface area is 151 Å². The number of nitrogens with one attached hydrogen (secondary N) is 1. The molecule has 2 atom stereocenters. The molecule has 26 heavy (non-hydrogen) atoms. The Morgan fingerprint density at radius 2 is 2.19 bits per heavy atom. The van der Waals surface area contributed by atoms with Crippen molar-refractivity contribution in [3.05, 3.63) is 60.4 Å². The molecule has 1 fully saturated rings. The minimum absolute atomic E-state index is 0.0941. The number of aromatic nitrogens is 2. The molecule has 0 saturated carbocycles. The summed E-state index contributed by atoms with van der Waals surface area (Å²) in [6.07, 6.45) is 4.08. The lowest BCUT2D eigenvalue weighted by Crippen LogP contribution is -2.51. The molecule has 3 aromatic rings. The molecule has 0 unspecified atom stereocenters. The molecular weight excluding hydrogens is 330 g/mol. The van der Waals surface area contributed by atoms with Gasteiger partial charge in [-0.05, 0) is 30.7 Å². The molecule has 1 aliphatic heterocycles. The number of ether oxygens (including phenoxy) is 2. The van der Waals surface area contributed by atoms with Crippen molar-refractivity contribution in [2.24, 2.45) is 7.05 Å². The molecule has 134 valence electrons. The molecule has 3 heterocycles. The van der Waals surface area contributed by atoms with Crippen LogP contribution >= 0.6 is 0 Å². The first-order valence-corrected chi connectivity index (χ1v) is 8.73. The van der Waals surface area contributed by atoms with Gasteiger partial charge in [0.2, 0.25) is 5.88 Å². The molecule has 1 N–H and O–H groups in total. The summed E-state index contributed by atoms with van der Waals surface area (Å²) in [4.78, 5) is 17.1. The van der Waals surface area contributed by atoms with Gasteiger partial charge in [-0.15, -0.1) is 0 Å². The normalized spacial score (nSPS) is 20.0. The van der Waals surface area contributed by atoms with Crippen LogP contribution in [-0.2, 0) is 11.8 Å². The third-order valence-corrected chi connectivity index (χ3v) is 4.70. The maximum Gasteiger partial charge on any atom is 0.252 e. The molecule has 4 rings (SSSR count). The summed E-state index contributed by atoms with van der Waals surface area (Å²) in [5.41, 5.74) is 1.71. The van der Waals surface area contributed by atoms with Gasteiger partial charge in [0, 0.05) is 48.6 Å². The first-order chi connectivity index (χ1) is 12.7. The maximum absolute atomic E-state index is 12.9. The van der Waals surface area contributed by atoms with Crippen LogP contribution in [0.25, 0.3) is 10.9 Å². The Hall–Kier alpha value is -2.86. The number of carbonyl (C=O) groups excluding carboxylic acids is 1. The van der Waals surface area contributed by atoms with Gasteiger partial charge in [-0.3, -0.25) is 4.79 Å². The van der Waals surface area contributed by atoms with Crippen LogP contribution in [0.5, 0.6) is 5.88 Å². The van der Waals surface area contributed by atoms with Gasteiger partial charge in [0.05, 0.1) is 12.6 Å². The third kappa shape index (κ3) is 3.28. The molecule has 1 amide bonds. The molecule has 0 spiro atoms. The zero-order valence-electron chi connectivity index (χ0n) is 14.6.